The summed E-state index contributed by atoms with van der Waals surface area (Å²) >= 11 is 0. The van der Waals surface area contributed by atoms with Gasteiger partial charge in [0, 0.05) is 40.4 Å². The van der Waals surface area contributed by atoms with Gasteiger partial charge in [-0.2, -0.15) is 15.3 Å². The third kappa shape index (κ3) is 3.78. The third-order valence-electron chi connectivity index (χ3n) is 7.77. The molecule has 0 N–H and O–H groups in total. The van der Waals surface area contributed by atoms with E-state index in [0.29, 0.717) is 11.7 Å². The number of hydrogen-bond acceptors (Lipinski definition) is 7. The Morgan fingerprint density at radius 3 is 2.68 bits per heavy atom. The monoisotopic (exact) mass is 490 g/mol. The summed E-state index contributed by atoms with van der Waals surface area (Å²) in [6.45, 7) is 5.88. The van der Waals surface area contributed by atoms with E-state index in [1.165, 1.54) is 0 Å². The molecule has 8 heteroatoms. The molecule has 6 rings (SSSR count). The first-order valence-corrected chi connectivity index (χ1v) is 12.5. The van der Waals surface area contributed by atoms with E-state index in [1.54, 1.807) is 13.1 Å². The van der Waals surface area contributed by atoms with Gasteiger partial charge in [-0.05, 0) is 68.5 Å². The molecule has 0 unspecified atom stereocenters. The summed E-state index contributed by atoms with van der Waals surface area (Å²) in [5, 5.41) is 18.9. The van der Waals surface area contributed by atoms with E-state index in [0.717, 1.165) is 53.0 Å². The van der Waals surface area contributed by atoms with Gasteiger partial charge in [0.05, 0.1) is 22.6 Å². The van der Waals surface area contributed by atoms with Gasteiger partial charge in [-0.3, -0.25) is 9.78 Å². The number of carbonyl (C=O) groups is 1. The lowest BCUT2D eigenvalue weighted by Gasteiger charge is -2.29. The van der Waals surface area contributed by atoms with Crippen LogP contribution in [0.4, 0.5) is 0 Å². The highest BCUT2D eigenvalue weighted by molar-refractivity contribution is 6.01. The lowest BCUT2D eigenvalue weighted by atomic mass is 9.76. The number of Topliss-reactive ketones (excluding diaryl/α,β-unsaturated/α-hetero) is 1. The molecule has 0 spiro atoms. The Kier molecular flexibility index (Phi) is 5.37. The fourth-order valence-electron chi connectivity index (χ4n) is 5.92. The van der Waals surface area contributed by atoms with Gasteiger partial charge < -0.3 is 4.52 Å². The summed E-state index contributed by atoms with van der Waals surface area (Å²) in [7, 11) is 0. The van der Waals surface area contributed by atoms with Crippen LogP contribution in [-0.4, -0.2) is 30.7 Å². The zero-order valence-electron chi connectivity index (χ0n) is 21.0. The van der Waals surface area contributed by atoms with Crippen LogP contribution in [0, 0.1) is 30.1 Å². The number of rotatable bonds is 3. The molecule has 0 fully saturated rings. The quantitative estimate of drug-likeness (QED) is 0.389. The number of aryl methyl sites for hydroxylation is 1. The second kappa shape index (κ2) is 8.63. The molecule has 1 aromatic carbocycles. The van der Waals surface area contributed by atoms with Gasteiger partial charge in [0.2, 0.25) is 0 Å². The maximum atomic E-state index is 13.1. The first kappa shape index (κ1) is 23.0. The smallest absolute Gasteiger partial charge is 0.257 e. The Labute approximate surface area is 214 Å². The maximum absolute atomic E-state index is 13.1. The molecule has 3 atom stereocenters. The topological polar surface area (TPSA) is 110 Å². The molecule has 8 nitrogen and oxygen atoms in total. The van der Waals surface area contributed by atoms with Crippen LogP contribution in [0.25, 0.3) is 28.4 Å². The van der Waals surface area contributed by atoms with Gasteiger partial charge in [-0.1, -0.05) is 25.1 Å². The molecular formula is C29H26N6O2. The summed E-state index contributed by atoms with van der Waals surface area (Å²) in [5.74, 6) is 0.962. The van der Waals surface area contributed by atoms with Crippen molar-refractivity contribution >= 4 is 5.78 Å². The lowest BCUT2D eigenvalue weighted by Crippen LogP contribution is -2.27. The van der Waals surface area contributed by atoms with E-state index in [1.807, 2.05) is 60.3 Å². The van der Waals surface area contributed by atoms with Crippen molar-refractivity contribution in [1.29, 1.82) is 5.26 Å². The second-order valence-electron chi connectivity index (χ2n) is 10.3. The summed E-state index contributed by atoms with van der Waals surface area (Å²) in [6, 6.07) is 14.0. The second-order valence-corrected chi connectivity index (χ2v) is 10.3. The number of benzene rings is 1. The van der Waals surface area contributed by atoms with E-state index < -0.39 is 5.41 Å². The summed E-state index contributed by atoms with van der Waals surface area (Å²) in [5.41, 5.74) is 5.39. The van der Waals surface area contributed by atoms with Crippen molar-refractivity contribution < 1.29 is 9.32 Å². The Hall–Kier alpha value is -4.38. The Bertz CT molecular complexity index is 1570. The first-order valence-electron chi connectivity index (χ1n) is 12.5. The van der Waals surface area contributed by atoms with E-state index in [2.05, 4.69) is 28.1 Å². The summed E-state index contributed by atoms with van der Waals surface area (Å²) in [4.78, 5) is 21.8. The van der Waals surface area contributed by atoms with Crippen molar-refractivity contribution in [3.63, 3.8) is 0 Å². The summed E-state index contributed by atoms with van der Waals surface area (Å²) < 4.78 is 7.31. The van der Waals surface area contributed by atoms with Crippen LogP contribution >= 0.6 is 0 Å². The molecule has 184 valence electrons. The van der Waals surface area contributed by atoms with Crippen LogP contribution in [-0.2, 0) is 16.6 Å². The fraction of sp³-hybridized carbons (Fsp3) is 0.310. The highest BCUT2D eigenvalue weighted by Gasteiger charge is 2.44. The van der Waals surface area contributed by atoms with Crippen LogP contribution < -0.4 is 0 Å². The van der Waals surface area contributed by atoms with Gasteiger partial charge in [-0.15, -0.1) is 0 Å². The average molecular weight is 491 g/mol. The molecule has 0 saturated heterocycles. The first-order chi connectivity index (χ1) is 17.9. The molecule has 3 aromatic heterocycles. The van der Waals surface area contributed by atoms with Crippen LogP contribution in [0.2, 0.25) is 0 Å². The third-order valence-corrected chi connectivity index (χ3v) is 7.77. The van der Waals surface area contributed by atoms with E-state index in [9.17, 15) is 10.1 Å². The van der Waals surface area contributed by atoms with Gasteiger partial charge in [-0.25, -0.2) is 4.68 Å². The minimum Gasteiger partial charge on any atom is -0.334 e. The van der Waals surface area contributed by atoms with Crippen LogP contribution in [0.5, 0.6) is 0 Å². The number of allylic oxidation sites excluding steroid dienone is 2. The number of ketones is 1. The van der Waals surface area contributed by atoms with Crippen molar-refractivity contribution in [2.45, 2.75) is 45.4 Å². The molecule has 0 radical (unpaired) electrons. The largest absolute Gasteiger partial charge is 0.334 e. The highest BCUT2D eigenvalue weighted by Crippen LogP contribution is 2.48. The number of hydrogen-bond donors (Lipinski definition) is 0. The number of nitrogens with zero attached hydrogens (tertiary/aromatic N) is 6. The van der Waals surface area contributed by atoms with Crippen LogP contribution in [0.15, 0.2) is 65.0 Å². The van der Waals surface area contributed by atoms with Crippen molar-refractivity contribution in [2.24, 2.45) is 11.8 Å². The SMILES string of the molecule is Cc1noc(-c2ccc(-n3nc(-c4cccnc4)c4c3[C@]3(C)C=C(C#N)C(=O)[C@H](C)[C@H](CC4)C3)cc2)n1. The van der Waals surface area contributed by atoms with Crippen molar-refractivity contribution in [1.82, 2.24) is 24.9 Å². The van der Waals surface area contributed by atoms with Gasteiger partial charge in [0.1, 0.15) is 6.07 Å². The minimum absolute atomic E-state index is 0.0579. The standard InChI is InChI=1S/C29H26N6O2/c1-17-20-8-11-24-25(21-5-4-12-31-16-21)33-35(27(24)29(3,13-20)14-22(15-30)26(17)36)23-9-6-19(7-10-23)28-32-18(2)34-37-28/h4-7,9-10,12,14,16-17,20H,8,11,13H2,1-3H3/t17-,20-,29+/m1/s1. The van der Waals surface area contributed by atoms with E-state index in [-0.39, 0.29) is 23.2 Å². The zero-order valence-corrected chi connectivity index (χ0v) is 21.0. The Morgan fingerprint density at radius 2 is 2.00 bits per heavy atom. The zero-order chi connectivity index (χ0) is 25.7. The molecule has 2 aliphatic rings. The molecule has 2 bridgehead atoms. The lowest BCUT2D eigenvalue weighted by molar-refractivity contribution is -0.119. The van der Waals surface area contributed by atoms with E-state index >= 15 is 0 Å². The normalized spacial score (nSPS) is 23.0. The number of pyridine rings is 1. The predicted octanol–water partition coefficient (Wildman–Crippen LogP) is 5.17. The van der Waals surface area contributed by atoms with Gasteiger partial charge in [0.15, 0.2) is 11.6 Å². The van der Waals surface area contributed by atoms with Crippen molar-refractivity contribution in [2.75, 3.05) is 0 Å². The Balaban J connectivity index is 1.57. The van der Waals surface area contributed by atoms with E-state index in [4.69, 9.17) is 9.62 Å². The van der Waals surface area contributed by atoms with Gasteiger partial charge >= 0.3 is 0 Å². The Morgan fingerprint density at radius 1 is 1.19 bits per heavy atom. The molecule has 4 aromatic rings. The van der Waals surface area contributed by atoms with Gasteiger partial charge in [0.25, 0.3) is 5.89 Å². The molecular weight excluding hydrogens is 464 g/mol. The molecule has 0 aliphatic heterocycles. The number of aromatic nitrogens is 5. The number of fused-ring (bicyclic) bond motifs is 4. The average Bonchev–Trinajstić information content (AvgIpc) is 3.47. The minimum atomic E-state index is -0.544. The predicted molar refractivity (Wildman–Crippen MR) is 136 cm³/mol. The molecule has 3 heterocycles. The van der Waals surface area contributed by atoms with Crippen molar-refractivity contribution in [3.05, 3.63) is 77.5 Å². The fourth-order valence-corrected chi connectivity index (χ4v) is 5.92. The molecule has 37 heavy (non-hydrogen) atoms. The summed E-state index contributed by atoms with van der Waals surface area (Å²) in [6.07, 6.45) is 7.91. The van der Waals surface area contributed by atoms with Crippen LogP contribution in [0.3, 0.4) is 0 Å². The number of carbonyl (C=O) groups excluding carboxylic acids is 1. The number of nitriles is 1. The van der Waals surface area contributed by atoms with Crippen LogP contribution in [0.1, 0.15) is 43.8 Å². The maximum Gasteiger partial charge on any atom is 0.257 e. The molecule has 2 aliphatic carbocycles. The van der Waals surface area contributed by atoms with Crippen molar-refractivity contribution in [3.8, 4) is 34.5 Å². The highest BCUT2D eigenvalue weighted by atomic mass is 16.5. The molecule has 0 amide bonds. The molecule has 0 saturated carbocycles.